The van der Waals surface area contributed by atoms with Crippen molar-refractivity contribution < 1.29 is 9.53 Å². The summed E-state index contributed by atoms with van der Waals surface area (Å²) >= 11 is 0. The molecule has 0 saturated carbocycles. The molecule has 1 N–H and O–H groups in total. The molecular weight excluding hydrogens is 354 g/mol. The van der Waals surface area contributed by atoms with Gasteiger partial charge in [-0.1, -0.05) is 18.2 Å². The van der Waals surface area contributed by atoms with Gasteiger partial charge in [0.05, 0.1) is 7.11 Å². The summed E-state index contributed by atoms with van der Waals surface area (Å²) in [6, 6.07) is 11.8. The van der Waals surface area contributed by atoms with Crippen molar-refractivity contribution in [2.24, 2.45) is 5.92 Å². The Morgan fingerprint density at radius 1 is 1.18 bits per heavy atom. The third-order valence-electron chi connectivity index (χ3n) is 5.59. The minimum atomic E-state index is -0.0857. The molecule has 0 aliphatic carbocycles. The number of piperidine rings is 1. The number of ether oxygens (including phenoxy) is 1. The summed E-state index contributed by atoms with van der Waals surface area (Å²) in [5.74, 6) is 1.03. The summed E-state index contributed by atoms with van der Waals surface area (Å²) in [5, 5.41) is 2.12. The van der Waals surface area contributed by atoms with Crippen LogP contribution in [0.2, 0.25) is 0 Å². The Kier molecular flexibility index (Phi) is 5.30. The highest BCUT2D eigenvalue weighted by molar-refractivity contribution is 6.01. The third-order valence-corrected chi connectivity index (χ3v) is 5.59. The van der Waals surface area contributed by atoms with E-state index in [1.165, 1.54) is 0 Å². The van der Waals surface area contributed by atoms with Crippen LogP contribution >= 0.6 is 0 Å². The fourth-order valence-corrected chi connectivity index (χ4v) is 3.99. The molecule has 0 spiro atoms. The van der Waals surface area contributed by atoms with Crippen LogP contribution in [0.15, 0.2) is 53.6 Å². The maximum Gasteiger partial charge on any atom is 0.325 e. The minimum Gasteiger partial charge on any atom is -0.497 e. The smallest absolute Gasteiger partial charge is 0.325 e. The predicted molar refractivity (Wildman–Crippen MR) is 109 cm³/mol. The van der Waals surface area contributed by atoms with Crippen molar-refractivity contribution in [1.82, 2.24) is 14.5 Å². The zero-order valence-electron chi connectivity index (χ0n) is 16.1. The average molecular weight is 379 g/mol. The average Bonchev–Trinajstić information content (AvgIpc) is 3.15. The van der Waals surface area contributed by atoms with Gasteiger partial charge >= 0.3 is 5.69 Å². The first-order valence-electron chi connectivity index (χ1n) is 9.72. The topological polar surface area (TPSA) is 67.3 Å². The number of aromatic nitrogens is 2. The number of imidazole rings is 1. The predicted octanol–water partition coefficient (Wildman–Crippen LogP) is 2.93. The minimum absolute atomic E-state index is 0.00685. The molecule has 2 aromatic carbocycles. The summed E-state index contributed by atoms with van der Waals surface area (Å²) < 4.78 is 6.94. The number of fused-ring (bicyclic) bond motifs is 1. The molecule has 0 unspecified atom stereocenters. The van der Waals surface area contributed by atoms with Gasteiger partial charge in [-0.05, 0) is 48.4 Å². The molecule has 28 heavy (non-hydrogen) atoms. The van der Waals surface area contributed by atoms with Crippen molar-refractivity contribution >= 4 is 16.6 Å². The van der Waals surface area contributed by atoms with Gasteiger partial charge < -0.3 is 14.6 Å². The first-order valence-corrected chi connectivity index (χ1v) is 9.72. The van der Waals surface area contributed by atoms with E-state index in [4.69, 9.17) is 4.74 Å². The number of carbonyl (C=O) groups is 1. The number of benzene rings is 2. The summed E-state index contributed by atoms with van der Waals surface area (Å²) in [5.41, 5.74) is 0.684. The standard InChI is InChI=1S/C22H25N3O3/c1-28-20-7-6-16-13-18(5-4-17(16)14-20)21(26)19-3-2-9-24(15-19)11-12-25-10-8-23-22(25)27/h4-8,10,13-14,19H,2-3,9,11-12,15H2,1H3,(H,23,27)/t19-/m1/s1. The Labute approximate surface area is 163 Å². The van der Waals surface area contributed by atoms with Gasteiger partial charge in [0.1, 0.15) is 5.75 Å². The number of methoxy groups -OCH3 is 1. The van der Waals surface area contributed by atoms with Crippen LogP contribution in [0.1, 0.15) is 23.2 Å². The number of hydrogen-bond acceptors (Lipinski definition) is 4. The molecule has 6 nitrogen and oxygen atoms in total. The van der Waals surface area contributed by atoms with E-state index < -0.39 is 0 Å². The van der Waals surface area contributed by atoms with Crippen LogP contribution < -0.4 is 10.4 Å². The molecule has 1 aliphatic heterocycles. The van der Waals surface area contributed by atoms with Crippen molar-refractivity contribution in [3.8, 4) is 5.75 Å². The molecule has 2 heterocycles. The van der Waals surface area contributed by atoms with Crippen molar-refractivity contribution in [3.63, 3.8) is 0 Å². The number of nitrogens with one attached hydrogen (secondary N) is 1. The summed E-state index contributed by atoms with van der Waals surface area (Å²) in [6.45, 7) is 3.14. The Hall–Kier alpha value is -2.86. The van der Waals surface area contributed by atoms with Gasteiger partial charge in [-0.25, -0.2) is 4.79 Å². The van der Waals surface area contributed by atoms with Gasteiger partial charge in [-0.15, -0.1) is 0 Å². The van der Waals surface area contributed by atoms with Gasteiger partial charge in [0.15, 0.2) is 5.78 Å². The second kappa shape index (κ2) is 8.02. The summed E-state index contributed by atoms with van der Waals surface area (Å²) in [7, 11) is 1.65. The molecule has 1 aliphatic rings. The van der Waals surface area contributed by atoms with Crippen molar-refractivity contribution in [2.45, 2.75) is 19.4 Å². The number of H-pyrrole nitrogens is 1. The van der Waals surface area contributed by atoms with Crippen LogP contribution in [-0.2, 0) is 6.54 Å². The van der Waals surface area contributed by atoms with Gasteiger partial charge in [-0.3, -0.25) is 9.36 Å². The first-order chi connectivity index (χ1) is 13.6. The van der Waals surface area contributed by atoms with E-state index in [2.05, 4.69) is 9.88 Å². The molecule has 6 heteroatoms. The highest BCUT2D eigenvalue weighted by Gasteiger charge is 2.26. The summed E-state index contributed by atoms with van der Waals surface area (Å²) in [6.07, 6.45) is 5.34. The van der Waals surface area contributed by atoms with E-state index in [0.29, 0.717) is 6.54 Å². The van der Waals surface area contributed by atoms with E-state index in [9.17, 15) is 9.59 Å². The lowest BCUT2D eigenvalue weighted by Gasteiger charge is -2.32. The molecule has 146 valence electrons. The highest BCUT2D eigenvalue weighted by Crippen LogP contribution is 2.25. The Morgan fingerprint density at radius 2 is 2.00 bits per heavy atom. The molecule has 3 aromatic rings. The Morgan fingerprint density at radius 3 is 2.79 bits per heavy atom. The van der Waals surface area contributed by atoms with Crippen LogP contribution in [0.3, 0.4) is 0 Å². The van der Waals surface area contributed by atoms with Gasteiger partial charge in [0.25, 0.3) is 0 Å². The lowest BCUT2D eigenvalue weighted by molar-refractivity contribution is 0.0816. The zero-order chi connectivity index (χ0) is 19.5. The van der Waals surface area contributed by atoms with Crippen LogP contribution in [0, 0.1) is 5.92 Å². The van der Waals surface area contributed by atoms with Crippen molar-refractivity contribution in [2.75, 3.05) is 26.7 Å². The molecule has 0 radical (unpaired) electrons. The van der Waals surface area contributed by atoms with Crippen molar-refractivity contribution in [3.05, 3.63) is 64.8 Å². The van der Waals surface area contributed by atoms with E-state index in [-0.39, 0.29) is 17.4 Å². The van der Waals surface area contributed by atoms with E-state index in [1.54, 1.807) is 24.1 Å². The third kappa shape index (κ3) is 3.87. The molecule has 0 amide bonds. The van der Waals surface area contributed by atoms with E-state index >= 15 is 0 Å². The molecule has 1 saturated heterocycles. The van der Waals surface area contributed by atoms with Gasteiger partial charge in [-0.2, -0.15) is 0 Å². The number of likely N-dealkylation sites (tertiary alicyclic amines) is 1. The molecule has 1 atom stereocenters. The zero-order valence-corrected chi connectivity index (χ0v) is 16.1. The number of ketones is 1. The number of carbonyl (C=O) groups excluding carboxylic acids is 1. The quantitative estimate of drug-likeness (QED) is 0.669. The van der Waals surface area contributed by atoms with Crippen LogP contribution in [0.5, 0.6) is 5.75 Å². The maximum atomic E-state index is 13.1. The number of hydrogen-bond donors (Lipinski definition) is 1. The first kappa shape index (κ1) is 18.5. The number of rotatable bonds is 6. The second-order valence-corrected chi connectivity index (χ2v) is 7.39. The maximum absolute atomic E-state index is 13.1. The lowest BCUT2D eigenvalue weighted by Crippen LogP contribution is -2.40. The van der Waals surface area contributed by atoms with Crippen LogP contribution in [0.25, 0.3) is 10.8 Å². The SMILES string of the molecule is COc1ccc2cc(C(=O)[C@@H]3CCCN(CCn4cc[nH]c4=O)C3)ccc2c1. The number of aromatic amines is 1. The monoisotopic (exact) mass is 379 g/mol. The molecule has 0 bridgehead atoms. The fraction of sp³-hybridized carbons (Fsp3) is 0.364. The molecule has 1 aromatic heterocycles. The molecule has 4 rings (SSSR count). The molecule has 1 fully saturated rings. The summed E-state index contributed by atoms with van der Waals surface area (Å²) in [4.78, 5) is 29.7. The van der Waals surface area contributed by atoms with Gasteiger partial charge in [0, 0.05) is 43.5 Å². The van der Waals surface area contributed by atoms with Crippen LogP contribution in [-0.4, -0.2) is 47.0 Å². The number of Topliss-reactive ketones (excluding diaryl/α,β-unsaturated/α-hetero) is 1. The highest BCUT2D eigenvalue weighted by atomic mass is 16.5. The Bertz CT molecular complexity index is 1040. The fourth-order valence-electron chi connectivity index (χ4n) is 3.99. The molecular formula is C22H25N3O3. The second-order valence-electron chi connectivity index (χ2n) is 7.39. The lowest BCUT2D eigenvalue weighted by atomic mass is 9.89. The normalized spacial score (nSPS) is 17.7. The Balaban J connectivity index is 1.44. The van der Waals surface area contributed by atoms with E-state index in [0.717, 1.165) is 54.6 Å². The van der Waals surface area contributed by atoms with Gasteiger partial charge in [0.2, 0.25) is 0 Å². The van der Waals surface area contributed by atoms with Crippen molar-refractivity contribution in [1.29, 1.82) is 0 Å². The largest absolute Gasteiger partial charge is 0.497 e. The number of nitrogens with zero attached hydrogens (tertiary/aromatic N) is 2. The van der Waals surface area contributed by atoms with E-state index in [1.807, 2.05) is 36.4 Å². The van der Waals surface area contributed by atoms with Crippen LogP contribution in [0.4, 0.5) is 0 Å².